The van der Waals surface area contributed by atoms with Crippen LogP contribution in [-0.2, 0) is 15.7 Å². The molecule has 1 unspecified atom stereocenters. The maximum absolute atomic E-state index is 12.4. The Hall–Kier alpha value is -1.60. The molecule has 0 heterocycles. The first kappa shape index (κ1) is 14.5. The summed E-state index contributed by atoms with van der Waals surface area (Å²) in [6.07, 6.45) is -5.34. The maximum atomic E-state index is 12.4. The molecule has 0 radical (unpaired) electrons. The fourth-order valence-electron chi connectivity index (χ4n) is 1.31. The number of rotatable bonds is 4. The first-order valence-electron chi connectivity index (χ1n) is 5.09. The number of carbonyl (C=O) groups is 1. The minimum Gasteiger partial charge on any atom is -0.370 e. The topological polar surface area (TPSA) is 64.3 Å². The molecule has 0 saturated heterocycles. The quantitative estimate of drug-likeness (QED) is 0.866. The minimum absolute atomic E-state index is 0.0466. The Morgan fingerprint density at radius 2 is 2.17 bits per heavy atom. The molecule has 0 spiro atoms. The number of halogens is 3. The predicted molar refractivity (Wildman–Crippen MR) is 59.9 cm³/mol. The third-order valence-corrected chi connectivity index (χ3v) is 2.25. The number of alkyl halides is 3. The van der Waals surface area contributed by atoms with Gasteiger partial charge >= 0.3 is 6.18 Å². The van der Waals surface area contributed by atoms with Crippen LogP contribution in [0.15, 0.2) is 24.3 Å². The second kappa shape index (κ2) is 5.83. The predicted octanol–water partition coefficient (Wildman–Crippen LogP) is 1.62. The Kier molecular flexibility index (Phi) is 4.69. The highest BCUT2D eigenvalue weighted by Crippen LogP contribution is 2.30. The molecule has 0 aliphatic carbocycles. The molecule has 3 N–H and O–H groups in total. The molecule has 1 aromatic carbocycles. The summed E-state index contributed by atoms with van der Waals surface area (Å²) < 4.78 is 42.1. The van der Waals surface area contributed by atoms with Gasteiger partial charge in [0.25, 0.3) is 5.91 Å². The molecule has 0 bridgehead atoms. The molecule has 0 aliphatic rings. The molecule has 4 nitrogen and oxygen atoms in total. The van der Waals surface area contributed by atoms with Crippen LogP contribution in [0.1, 0.15) is 5.56 Å². The highest BCUT2D eigenvalue weighted by molar-refractivity contribution is 5.94. The van der Waals surface area contributed by atoms with E-state index in [2.05, 4.69) is 5.32 Å². The fourth-order valence-corrected chi connectivity index (χ4v) is 1.31. The van der Waals surface area contributed by atoms with E-state index in [1.54, 1.807) is 0 Å². The number of anilines is 1. The molecular formula is C11H13F3N2O2. The third-order valence-electron chi connectivity index (χ3n) is 2.25. The van der Waals surface area contributed by atoms with E-state index in [0.717, 1.165) is 12.1 Å². The zero-order chi connectivity index (χ0) is 13.8. The van der Waals surface area contributed by atoms with Crippen LogP contribution in [0.4, 0.5) is 18.9 Å². The van der Waals surface area contributed by atoms with Gasteiger partial charge in [-0.3, -0.25) is 4.79 Å². The minimum atomic E-state index is -4.45. The molecule has 1 rings (SSSR count). The molecular weight excluding hydrogens is 249 g/mol. The fraction of sp³-hybridized carbons (Fsp3) is 0.364. The van der Waals surface area contributed by atoms with Gasteiger partial charge in [0.05, 0.1) is 5.56 Å². The van der Waals surface area contributed by atoms with Crippen LogP contribution >= 0.6 is 0 Å². The summed E-state index contributed by atoms with van der Waals surface area (Å²) in [5.41, 5.74) is 4.49. The Labute approximate surface area is 102 Å². The van der Waals surface area contributed by atoms with Crippen molar-refractivity contribution in [2.75, 3.05) is 19.0 Å². The largest absolute Gasteiger partial charge is 0.416 e. The van der Waals surface area contributed by atoms with E-state index in [9.17, 15) is 18.0 Å². The van der Waals surface area contributed by atoms with Gasteiger partial charge in [-0.25, -0.2) is 0 Å². The number of hydrogen-bond donors (Lipinski definition) is 2. The van der Waals surface area contributed by atoms with Crippen LogP contribution < -0.4 is 11.1 Å². The van der Waals surface area contributed by atoms with E-state index in [1.165, 1.54) is 19.2 Å². The Morgan fingerprint density at radius 3 is 2.67 bits per heavy atom. The number of nitrogens with two attached hydrogens (primary N) is 1. The maximum Gasteiger partial charge on any atom is 0.416 e. The van der Waals surface area contributed by atoms with Gasteiger partial charge in [0.1, 0.15) is 6.10 Å². The highest BCUT2D eigenvalue weighted by atomic mass is 19.4. The van der Waals surface area contributed by atoms with Crippen molar-refractivity contribution in [1.82, 2.24) is 0 Å². The second-order valence-corrected chi connectivity index (χ2v) is 3.53. The molecule has 0 fully saturated rings. The SMILES string of the molecule is COC(CN)C(=O)Nc1cccc(C(F)(F)F)c1. The molecule has 0 saturated carbocycles. The van der Waals surface area contributed by atoms with Gasteiger partial charge in [-0.1, -0.05) is 6.07 Å². The first-order valence-corrected chi connectivity index (χ1v) is 5.09. The van der Waals surface area contributed by atoms with Crippen LogP contribution in [0.2, 0.25) is 0 Å². The molecule has 100 valence electrons. The van der Waals surface area contributed by atoms with E-state index < -0.39 is 23.8 Å². The van der Waals surface area contributed by atoms with Crippen molar-refractivity contribution in [1.29, 1.82) is 0 Å². The molecule has 7 heteroatoms. The van der Waals surface area contributed by atoms with Crippen molar-refractivity contribution in [3.8, 4) is 0 Å². The molecule has 0 aliphatic heterocycles. The lowest BCUT2D eigenvalue weighted by Gasteiger charge is -2.14. The van der Waals surface area contributed by atoms with Gasteiger partial charge in [-0.15, -0.1) is 0 Å². The number of carbonyl (C=O) groups excluding carboxylic acids is 1. The summed E-state index contributed by atoms with van der Waals surface area (Å²) in [6, 6.07) is 4.34. The summed E-state index contributed by atoms with van der Waals surface area (Å²) in [4.78, 5) is 11.5. The van der Waals surface area contributed by atoms with Crippen molar-refractivity contribution in [3.63, 3.8) is 0 Å². The average molecular weight is 262 g/mol. The van der Waals surface area contributed by atoms with E-state index in [1.807, 2.05) is 0 Å². The molecule has 1 amide bonds. The van der Waals surface area contributed by atoms with Crippen molar-refractivity contribution in [2.45, 2.75) is 12.3 Å². The Morgan fingerprint density at radius 1 is 1.50 bits per heavy atom. The zero-order valence-corrected chi connectivity index (χ0v) is 9.62. The monoisotopic (exact) mass is 262 g/mol. The Balaban J connectivity index is 2.83. The number of nitrogens with one attached hydrogen (secondary N) is 1. The molecule has 0 aromatic heterocycles. The van der Waals surface area contributed by atoms with Crippen molar-refractivity contribution in [2.24, 2.45) is 5.73 Å². The van der Waals surface area contributed by atoms with Gasteiger partial charge < -0.3 is 15.8 Å². The number of benzene rings is 1. The van der Waals surface area contributed by atoms with Crippen LogP contribution in [0.3, 0.4) is 0 Å². The highest BCUT2D eigenvalue weighted by Gasteiger charge is 2.30. The summed E-state index contributed by atoms with van der Waals surface area (Å²) >= 11 is 0. The van der Waals surface area contributed by atoms with Crippen LogP contribution in [0.5, 0.6) is 0 Å². The summed E-state index contributed by atoms with van der Waals surface area (Å²) in [6.45, 7) is -0.0543. The van der Waals surface area contributed by atoms with E-state index in [4.69, 9.17) is 10.5 Å². The number of hydrogen-bond acceptors (Lipinski definition) is 3. The number of ether oxygens (including phenoxy) is 1. The molecule has 1 aromatic rings. The van der Waals surface area contributed by atoms with Gasteiger partial charge in [0.2, 0.25) is 0 Å². The lowest BCUT2D eigenvalue weighted by atomic mass is 10.2. The van der Waals surface area contributed by atoms with Gasteiger partial charge in [-0.2, -0.15) is 13.2 Å². The number of amides is 1. The van der Waals surface area contributed by atoms with Gasteiger partial charge in [0, 0.05) is 19.3 Å². The van der Waals surface area contributed by atoms with Crippen LogP contribution in [0, 0.1) is 0 Å². The van der Waals surface area contributed by atoms with Crippen LogP contribution in [-0.4, -0.2) is 25.7 Å². The first-order chi connectivity index (χ1) is 8.38. The normalized spacial score (nSPS) is 13.2. The lowest BCUT2D eigenvalue weighted by Crippen LogP contribution is -2.35. The third kappa shape index (κ3) is 3.71. The zero-order valence-electron chi connectivity index (χ0n) is 9.62. The summed E-state index contributed by atoms with van der Waals surface area (Å²) in [5.74, 6) is -0.584. The van der Waals surface area contributed by atoms with E-state index in [-0.39, 0.29) is 12.2 Å². The Bertz CT molecular complexity index is 417. The second-order valence-electron chi connectivity index (χ2n) is 3.53. The average Bonchev–Trinajstić information content (AvgIpc) is 2.29. The summed E-state index contributed by atoms with van der Waals surface area (Å²) in [7, 11) is 1.29. The van der Waals surface area contributed by atoms with E-state index >= 15 is 0 Å². The van der Waals surface area contributed by atoms with Crippen molar-refractivity contribution in [3.05, 3.63) is 29.8 Å². The van der Waals surface area contributed by atoms with E-state index in [0.29, 0.717) is 0 Å². The molecule has 1 atom stereocenters. The van der Waals surface area contributed by atoms with Crippen LogP contribution in [0.25, 0.3) is 0 Å². The molecule has 18 heavy (non-hydrogen) atoms. The van der Waals surface area contributed by atoms with Gasteiger partial charge in [-0.05, 0) is 18.2 Å². The van der Waals surface area contributed by atoms with Crippen molar-refractivity contribution >= 4 is 11.6 Å². The summed E-state index contributed by atoms with van der Waals surface area (Å²) in [5, 5.41) is 2.31. The van der Waals surface area contributed by atoms with Gasteiger partial charge in [0.15, 0.2) is 0 Å². The number of methoxy groups -OCH3 is 1. The standard InChI is InChI=1S/C11H13F3N2O2/c1-18-9(6-15)10(17)16-8-4-2-3-7(5-8)11(12,13)14/h2-5,9H,6,15H2,1H3,(H,16,17). The van der Waals surface area contributed by atoms with Crippen molar-refractivity contribution < 1.29 is 22.7 Å². The smallest absolute Gasteiger partial charge is 0.370 e. The lowest BCUT2D eigenvalue weighted by molar-refractivity contribution is -0.137.